The zero-order valence-electron chi connectivity index (χ0n) is 9.05. The molecule has 1 aromatic heterocycles. The molecule has 7 heteroatoms. The van der Waals surface area contributed by atoms with E-state index in [2.05, 4.69) is 9.97 Å². The minimum atomic E-state index is -3.43. The summed E-state index contributed by atoms with van der Waals surface area (Å²) in [6, 6.07) is 0. The highest BCUT2D eigenvalue weighted by molar-refractivity contribution is 7.89. The Kier molecular flexibility index (Phi) is 3.00. The van der Waals surface area contributed by atoms with E-state index in [4.69, 9.17) is 5.11 Å². The SMILES string of the molecule is CCc1ncc(S(=O)(=O)N2CC(CO)C2)[nH]1. The number of aliphatic hydroxyl groups is 1. The number of aromatic amines is 1. The standard InChI is InChI=1S/C9H15N3O3S/c1-2-8-10-3-9(11-8)16(14,15)12-4-7(5-12)6-13/h3,7,13H,2,4-6H2,1H3,(H,10,11). The maximum atomic E-state index is 12.0. The third kappa shape index (κ3) is 1.85. The second-order valence-corrected chi connectivity index (χ2v) is 5.82. The summed E-state index contributed by atoms with van der Waals surface area (Å²) in [5.41, 5.74) is 0. The van der Waals surface area contributed by atoms with Crippen molar-refractivity contribution in [1.29, 1.82) is 0 Å². The molecule has 1 aromatic rings. The molecule has 0 saturated carbocycles. The van der Waals surface area contributed by atoms with Crippen molar-refractivity contribution >= 4 is 10.0 Å². The van der Waals surface area contributed by atoms with Crippen LogP contribution in [0.2, 0.25) is 0 Å². The lowest BCUT2D eigenvalue weighted by Crippen LogP contribution is -2.51. The van der Waals surface area contributed by atoms with Crippen LogP contribution < -0.4 is 0 Å². The van der Waals surface area contributed by atoms with E-state index in [0.29, 0.717) is 25.3 Å². The van der Waals surface area contributed by atoms with Crippen molar-refractivity contribution < 1.29 is 13.5 Å². The summed E-state index contributed by atoms with van der Waals surface area (Å²) in [5.74, 6) is 0.737. The lowest BCUT2D eigenvalue weighted by molar-refractivity contribution is 0.117. The van der Waals surface area contributed by atoms with Gasteiger partial charge in [0.25, 0.3) is 10.0 Å². The fourth-order valence-electron chi connectivity index (χ4n) is 1.63. The summed E-state index contributed by atoms with van der Waals surface area (Å²) in [7, 11) is -3.43. The predicted molar refractivity (Wildman–Crippen MR) is 57.3 cm³/mol. The molecule has 1 fully saturated rings. The second kappa shape index (κ2) is 4.15. The lowest BCUT2D eigenvalue weighted by Gasteiger charge is -2.36. The second-order valence-electron chi connectivity index (χ2n) is 3.92. The molecule has 0 spiro atoms. The van der Waals surface area contributed by atoms with Gasteiger partial charge in [-0.15, -0.1) is 0 Å². The van der Waals surface area contributed by atoms with Crippen molar-refractivity contribution in [2.75, 3.05) is 19.7 Å². The number of rotatable bonds is 4. The van der Waals surface area contributed by atoms with Crippen LogP contribution in [0.15, 0.2) is 11.2 Å². The Bertz CT molecular complexity index is 462. The number of H-pyrrole nitrogens is 1. The Morgan fingerprint density at radius 3 is 2.81 bits per heavy atom. The van der Waals surface area contributed by atoms with Gasteiger partial charge >= 0.3 is 0 Å². The topological polar surface area (TPSA) is 86.3 Å². The minimum Gasteiger partial charge on any atom is -0.396 e. The fraction of sp³-hybridized carbons (Fsp3) is 0.667. The minimum absolute atomic E-state index is 0.0369. The van der Waals surface area contributed by atoms with E-state index < -0.39 is 10.0 Å². The van der Waals surface area contributed by atoms with Crippen molar-refractivity contribution in [2.24, 2.45) is 5.92 Å². The van der Waals surface area contributed by atoms with Crippen LogP contribution in [-0.4, -0.2) is 47.5 Å². The maximum absolute atomic E-state index is 12.0. The van der Waals surface area contributed by atoms with Gasteiger partial charge in [0.2, 0.25) is 0 Å². The predicted octanol–water partition coefficient (Wildman–Crippen LogP) is -0.415. The summed E-state index contributed by atoms with van der Waals surface area (Å²) >= 11 is 0. The van der Waals surface area contributed by atoms with E-state index >= 15 is 0 Å². The average Bonchev–Trinajstić information content (AvgIpc) is 2.64. The molecule has 0 aromatic carbocycles. The molecular formula is C9H15N3O3S. The molecule has 90 valence electrons. The summed E-state index contributed by atoms with van der Waals surface area (Å²) in [6.07, 6.45) is 2.02. The van der Waals surface area contributed by atoms with E-state index in [1.807, 2.05) is 6.92 Å². The van der Waals surface area contributed by atoms with E-state index in [0.717, 1.165) is 0 Å². The molecule has 0 atom stereocenters. The molecule has 2 N–H and O–H groups in total. The molecule has 1 aliphatic heterocycles. The molecule has 1 saturated heterocycles. The van der Waals surface area contributed by atoms with Crippen molar-refractivity contribution in [3.05, 3.63) is 12.0 Å². The van der Waals surface area contributed by atoms with Gasteiger partial charge in [0.1, 0.15) is 5.82 Å². The fourth-order valence-corrected chi connectivity index (χ4v) is 3.15. The Labute approximate surface area is 94.4 Å². The highest BCUT2D eigenvalue weighted by atomic mass is 32.2. The zero-order chi connectivity index (χ0) is 11.8. The Hall–Kier alpha value is -0.920. The molecular weight excluding hydrogens is 230 g/mol. The quantitative estimate of drug-likeness (QED) is 0.754. The first-order chi connectivity index (χ1) is 7.57. The number of nitrogens with one attached hydrogen (secondary N) is 1. The normalized spacial score (nSPS) is 18.6. The first-order valence-electron chi connectivity index (χ1n) is 5.22. The Morgan fingerprint density at radius 1 is 1.62 bits per heavy atom. The zero-order valence-corrected chi connectivity index (χ0v) is 9.87. The lowest BCUT2D eigenvalue weighted by atomic mass is 10.1. The monoisotopic (exact) mass is 245 g/mol. The molecule has 16 heavy (non-hydrogen) atoms. The Morgan fingerprint density at radius 2 is 2.31 bits per heavy atom. The smallest absolute Gasteiger partial charge is 0.260 e. The van der Waals surface area contributed by atoms with Crippen LogP contribution in [0.25, 0.3) is 0 Å². The Balaban J connectivity index is 2.14. The first-order valence-corrected chi connectivity index (χ1v) is 6.66. The average molecular weight is 245 g/mol. The molecule has 2 rings (SSSR count). The van der Waals surface area contributed by atoms with Crippen molar-refractivity contribution in [2.45, 2.75) is 18.4 Å². The molecule has 2 heterocycles. The van der Waals surface area contributed by atoms with Crippen molar-refractivity contribution in [3.63, 3.8) is 0 Å². The molecule has 0 aliphatic carbocycles. The van der Waals surface area contributed by atoms with Crippen LogP contribution in [0.1, 0.15) is 12.7 Å². The summed E-state index contributed by atoms with van der Waals surface area (Å²) in [5, 5.41) is 8.98. The van der Waals surface area contributed by atoms with Gasteiger partial charge in [-0.1, -0.05) is 6.92 Å². The van der Waals surface area contributed by atoms with E-state index in [-0.39, 0.29) is 17.6 Å². The largest absolute Gasteiger partial charge is 0.396 e. The number of hydrogen-bond donors (Lipinski definition) is 2. The third-order valence-electron chi connectivity index (χ3n) is 2.74. The van der Waals surface area contributed by atoms with Gasteiger partial charge in [-0.2, -0.15) is 4.31 Å². The van der Waals surface area contributed by atoms with E-state index in [9.17, 15) is 8.42 Å². The maximum Gasteiger partial charge on any atom is 0.260 e. The van der Waals surface area contributed by atoms with Crippen LogP contribution in [0.4, 0.5) is 0 Å². The summed E-state index contributed by atoms with van der Waals surface area (Å²) < 4.78 is 25.3. The van der Waals surface area contributed by atoms with Crippen LogP contribution in [-0.2, 0) is 16.4 Å². The van der Waals surface area contributed by atoms with Crippen LogP contribution in [0.5, 0.6) is 0 Å². The van der Waals surface area contributed by atoms with Gasteiger partial charge in [-0.25, -0.2) is 13.4 Å². The van der Waals surface area contributed by atoms with Gasteiger partial charge in [0.15, 0.2) is 5.03 Å². The highest BCUT2D eigenvalue weighted by Crippen LogP contribution is 2.23. The molecule has 0 unspecified atom stereocenters. The number of aryl methyl sites for hydroxylation is 1. The number of hydrogen-bond acceptors (Lipinski definition) is 4. The van der Waals surface area contributed by atoms with Gasteiger partial charge in [0, 0.05) is 32.0 Å². The molecule has 6 nitrogen and oxygen atoms in total. The number of aliphatic hydroxyl groups excluding tert-OH is 1. The molecule has 0 bridgehead atoms. The number of nitrogens with zero attached hydrogens (tertiary/aromatic N) is 2. The van der Waals surface area contributed by atoms with Crippen molar-refractivity contribution in [3.8, 4) is 0 Å². The third-order valence-corrected chi connectivity index (χ3v) is 4.48. The summed E-state index contributed by atoms with van der Waals surface area (Å²) in [6.45, 7) is 2.72. The number of imidazole rings is 1. The van der Waals surface area contributed by atoms with Crippen molar-refractivity contribution in [1.82, 2.24) is 14.3 Å². The number of aromatic nitrogens is 2. The molecule has 1 aliphatic rings. The van der Waals surface area contributed by atoms with Gasteiger partial charge in [-0.05, 0) is 0 Å². The van der Waals surface area contributed by atoms with Gasteiger partial charge in [-0.3, -0.25) is 0 Å². The van der Waals surface area contributed by atoms with E-state index in [1.54, 1.807) is 0 Å². The van der Waals surface area contributed by atoms with Gasteiger partial charge < -0.3 is 10.1 Å². The van der Waals surface area contributed by atoms with Gasteiger partial charge in [0.05, 0.1) is 6.20 Å². The van der Waals surface area contributed by atoms with E-state index in [1.165, 1.54) is 10.5 Å². The highest BCUT2D eigenvalue weighted by Gasteiger charge is 2.37. The molecule has 0 amide bonds. The van der Waals surface area contributed by atoms with Crippen LogP contribution in [0, 0.1) is 5.92 Å². The number of sulfonamides is 1. The first kappa shape index (κ1) is 11.6. The van der Waals surface area contributed by atoms with Crippen LogP contribution in [0.3, 0.4) is 0 Å². The van der Waals surface area contributed by atoms with Crippen LogP contribution >= 0.6 is 0 Å². The molecule has 0 radical (unpaired) electrons. The summed E-state index contributed by atoms with van der Waals surface area (Å²) in [4.78, 5) is 6.75.